The molecule has 0 aliphatic heterocycles. The average Bonchev–Trinajstić information content (AvgIpc) is 2.57. The summed E-state index contributed by atoms with van der Waals surface area (Å²) in [6.07, 6.45) is -3.28. The quantitative estimate of drug-likeness (QED) is 0.616. The Labute approximate surface area is 157 Å². The maximum atomic E-state index is 13.9. The van der Waals surface area contributed by atoms with Gasteiger partial charge in [-0.2, -0.15) is 0 Å². The fourth-order valence-corrected chi connectivity index (χ4v) is 4.65. The van der Waals surface area contributed by atoms with Crippen LogP contribution in [-0.2, 0) is 15.6 Å². The lowest BCUT2D eigenvalue weighted by Crippen LogP contribution is -2.65. The largest absolute Gasteiger partial charge is 0.298 e. The Morgan fingerprint density at radius 1 is 0.607 bits per heavy atom. The number of hydrogen-bond acceptors (Lipinski definition) is 1. The van der Waals surface area contributed by atoms with Crippen LogP contribution in [0.2, 0.25) is 0 Å². The van der Waals surface area contributed by atoms with E-state index in [-0.39, 0.29) is 11.1 Å². The molecule has 0 bridgehead atoms. The van der Waals surface area contributed by atoms with Crippen LogP contribution in [0.5, 0.6) is 0 Å². The third kappa shape index (κ3) is 2.83. The molecule has 0 heterocycles. The number of Topliss-reactive ketones (excluding diaryl/α,β-unsaturated/α-hetero) is 1. The van der Waals surface area contributed by atoms with Crippen LogP contribution >= 0.6 is 0 Å². The van der Waals surface area contributed by atoms with Gasteiger partial charge in [0, 0.05) is 25.7 Å². The highest BCUT2D eigenvalue weighted by atomic mass is 19.3. The number of halogens is 6. The summed E-state index contributed by atoms with van der Waals surface area (Å²) in [7, 11) is 0. The number of benzene rings is 2. The molecule has 2 aliphatic carbocycles. The summed E-state index contributed by atoms with van der Waals surface area (Å²) in [6.45, 7) is 0. The van der Waals surface area contributed by atoms with E-state index in [1.807, 2.05) is 0 Å². The van der Waals surface area contributed by atoms with Gasteiger partial charge in [0.15, 0.2) is 5.78 Å². The molecule has 2 aliphatic rings. The molecule has 0 N–H and O–H groups in total. The van der Waals surface area contributed by atoms with E-state index in [0.29, 0.717) is 0 Å². The molecule has 0 radical (unpaired) electrons. The summed E-state index contributed by atoms with van der Waals surface area (Å²) in [4.78, 5) is 13.5. The van der Waals surface area contributed by atoms with Crippen molar-refractivity contribution >= 4 is 5.78 Å². The van der Waals surface area contributed by atoms with E-state index in [9.17, 15) is 31.1 Å². The highest BCUT2D eigenvalue weighted by molar-refractivity contribution is 6.01. The predicted molar refractivity (Wildman–Crippen MR) is 89.5 cm³/mol. The Bertz CT molecular complexity index is 825. The molecule has 2 aromatic carbocycles. The first-order chi connectivity index (χ1) is 13.0. The second kappa shape index (κ2) is 5.84. The average molecular weight is 398 g/mol. The van der Waals surface area contributed by atoms with Crippen LogP contribution in [0.4, 0.5) is 26.3 Å². The number of carbonyl (C=O) groups excluding carboxylic acids is 1. The summed E-state index contributed by atoms with van der Waals surface area (Å²) in [5, 5.41) is 0. The fourth-order valence-electron chi connectivity index (χ4n) is 4.65. The monoisotopic (exact) mass is 398 g/mol. The van der Waals surface area contributed by atoms with Gasteiger partial charge in [-0.15, -0.1) is 0 Å². The van der Waals surface area contributed by atoms with E-state index in [2.05, 4.69) is 0 Å². The van der Waals surface area contributed by atoms with Crippen molar-refractivity contribution in [2.24, 2.45) is 0 Å². The fraction of sp³-hybridized carbons (Fsp3) is 0.381. The van der Waals surface area contributed by atoms with Gasteiger partial charge in [-0.3, -0.25) is 4.79 Å². The van der Waals surface area contributed by atoms with E-state index in [4.69, 9.17) is 0 Å². The molecular formula is C21H16F6O. The van der Waals surface area contributed by atoms with E-state index >= 15 is 0 Å². The number of hydrogen-bond donors (Lipinski definition) is 0. The topological polar surface area (TPSA) is 17.1 Å². The molecule has 7 heteroatoms. The molecule has 1 nitrogen and oxygen atoms in total. The zero-order valence-electron chi connectivity index (χ0n) is 14.6. The lowest BCUT2D eigenvalue weighted by atomic mass is 9.48. The molecule has 0 spiro atoms. The van der Waals surface area contributed by atoms with Crippen molar-refractivity contribution < 1.29 is 31.1 Å². The highest BCUT2D eigenvalue weighted by Gasteiger charge is 2.70. The third-order valence-corrected chi connectivity index (χ3v) is 5.90. The Hall–Kier alpha value is -2.31. The zero-order chi connectivity index (χ0) is 20.4. The Morgan fingerprint density at radius 3 is 1.14 bits per heavy atom. The Morgan fingerprint density at radius 2 is 0.893 bits per heavy atom. The smallest absolute Gasteiger partial charge is 0.250 e. The van der Waals surface area contributed by atoms with Crippen LogP contribution in [-0.4, -0.2) is 17.6 Å². The summed E-state index contributed by atoms with van der Waals surface area (Å²) in [5.74, 6) is -8.16. The van der Waals surface area contributed by atoms with Crippen LogP contribution in [0.1, 0.15) is 36.8 Å². The molecule has 4 rings (SSSR count). The SMILES string of the molecule is O=C(C1(c2ccc(F)cc2)CC(F)(F)C1)C1(c2ccc(F)cc2)CC(F)(F)C1. The van der Waals surface area contributed by atoms with Gasteiger partial charge in [-0.05, 0) is 35.4 Å². The summed E-state index contributed by atoms with van der Waals surface area (Å²) in [5.41, 5.74) is -2.99. The third-order valence-electron chi connectivity index (χ3n) is 5.90. The highest BCUT2D eigenvalue weighted by Crippen LogP contribution is 2.62. The molecule has 0 saturated heterocycles. The van der Waals surface area contributed by atoms with Crippen LogP contribution in [0.25, 0.3) is 0 Å². The van der Waals surface area contributed by atoms with Gasteiger partial charge in [0.2, 0.25) is 0 Å². The van der Waals surface area contributed by atoms with Crippen molar-refractivity contribution in [3.05, 3.63) is 71.3 Å². The maximum absolute atomic E-state index is 13.9. The van der Waals surface area contributed by atoms with E-state index in [0.717, 1.165) is 24.3 Å². The van der Waals surface area contributed by atoms with Crippen molar-refractivity contribution in [3.63, 3.8) is 0 Å². The second-order valence-corrected chi connectivity index (χ2v) is 7.93. The van der Waals surface area contributed by atoms with Crippen molar-refractivity contribution in [3.8, 4) is 0 Å². The lowest BCUT2D eigenvalue weighted by Gasteiger charge is -2.55. The normalized spacial score (nSPS) is 23.4. The summed E-state index contributed by atoms with van der Waals surface area (Å²) in [6, 6.07) is 9.22. The number of rotatable bonds is 4. The van der Waals surface area contributed by atoms with Crippen LogP contribution in [0, 0.1) is 11.6 Å². The minimum atomic E-state index is -3.11. The standard InChI is InChI=1S/C21H16F6O/c22-15-5-1-13(2-6-15)18(9-20(24,25)10-18)17(28)19(11-21(26,27)12-19)14-3-7-16(23)8-4-14/h1-8H,9-12H2. The zero-order valence-corrected chi connectivity index (χ0v) is 14.6. The van der Waals surface area contributed by atoms with E-state index in [1.165, 1.54) is 24.3 Å². The van der Waals surface area contributed by atoms with Crippen molar-refractivity contribution in [2.45, 2.75) is 48.4 Å². The molecule has 0 atom stereocenters. The van der Waals surface area contributed by atoms with Crippen LogP contribution in [0.15, 0.2) is 48.5 Å². The minimum absolute atomic E-state index is 0.182. The van der Waals surface area contributed by atoms with Gasteiger partial charge in [-0.1, -0.05) is 24.3 Å². The van der Waals surface area contributed by atoms with E-state index in [1.54, 1.807) is 0 Å². The first kappa shape index (κ1) is 19.0. The second-order valence-electron chi connectivity index (χ2n) is 7.93. The molecule has 2 aromatic rings. The predicted octanol–water partition coefficient (Wildman–Crippen LogP) is 5.57. The van der Waals surface area contributed by atoms with Crippen LogP contribution < -0.4 is 0 Å². The molecule has 0 unspecified atom stereocenters. The number of ketones is 1. The number of alkyl halides is 4. The first-order valence-electron chi connectivity index (χ1n) is 8.81. The summed E-state index contributed by atoms with van der Waals surface area (Å²) < 4.78 is 82.0. The molecule has 0 amide bonds. The van der Waals surface area contributed by atoms with Crippen LogP contribution in [0.3, 0.4) is 0 Å². The van der Waals surface area contributed by atoms with Crippen molar-refractivity contribution in [1.29, 1.82) is 0 Å². The summed E-state index contributed by atoms with van der Waals surface area (Å²) >= 11 is 0. The van der Waals surface area contributed by atoms with E-state index < -0.39 is 65.8 Å². The van der Waals surface area contributed by atoms with Gasteiger partial charge in [0.1, 0.15) is 11.6 Å². The van der Waals surface area contributed by atoms with Gasteiger partial charge in [-0.25, -0.2) is 26.3 Å². The first-order valence-corrected chi connectivity index (χ1v) is 8.81. The maximum Gasteiger partial charge on any atom is 0.250 e. The molecular weight excluding hydrogens is 382 g/mol. The molecule has 2 fully saturated rings. The van der Waals surface area contributed by atoms with Gasteiger partial charge in [0.25, 0.3) is 11.8 Å². The molecule has 28 heavy (non-hydrogen) atoms. The Balaban J connectivity index is 1.80. The van der Waals surface area contributed by atoms with Crippen molar-refractivity contribution in [2.75, 3.05) is 0 Å². The Kier molecular flexibility index (Phi) is 3.97. The minimum Gasteiger partial charge on any atom is -0.298 e. The van der Waals surface area contributed by atoms with Gasteiger partial charge in [0.05, 0.1) is 10.8 Å². The molecule has 0 aromatic heterocycles. The van der Waals surface area contributed by atoms with Gasteiger partial charge >= 0.3 is 0 Å². The number of carbonyl (C=O) groups is 1. The lowest BCUT2D eigenvalue weighted by molar-refractivity contribution is -0.182. The molecule has 148 valence electrons. The van der Waals surface area contributed by atoms with Gasteiger partial charge < -0.3 is 0 Å². The van der Waals surface area contributed by atoms with Crippen molar-refractivity contribution in [1.82, 2.24) is 0 Å². The molecule has 2 saturated carbocycles.